The molecular formula is C13H11F3N2O4. The van der Waals surface area contributed by atoms with Gasteiger partial charge in [-0.2, -0.15) is 13.2 Å². The summed E-state index contributed by atoms with van der Waals surface area (Å²) in [5.41, 5.74) is 0.166. The molecule has 0 spiro atoms. The minimum absolute atomic E-state index is 0.0407. The monoisotopic (exact) mass is 316 g/mol. The lowest BCUT2D eigenvalue weighted by Gasteiger charge is -2.08. The van der Waals surface area contributed by atoms with Crippen molar-refractivity contribution >= 4 is 22.8 Å². The largest absolute Gasteiger partial charge is 0.497 e. The average molecular weight is 316 g/mol. The van der Waals surface area contributed by atoms with Crippen LogP contribution in [0, 0.1) is 0 Å². The van der Waals surface area contributed by atoms with Gasteiger partial charge in [0.15, 0.2) is 0 Å². The number of carboxylic acids is 1. The molecule has 22 heavy (non-hydrogen) atoms. The summed E-state index contributed by atoms with van der Waals surface area (Å²) in [6.07, 6.45) is -5.03. The van der Waals surface area contributed by atoms with Crippen LogP contribution < -0.4 is 10.1 Å². The van der Waals surface area contributed by atoms with Crippen molar-refractivity contribution in [3.05, 3.63) is 29.5 Å². The van der Waals surface area contributed by atoms with Gasteiger partial charge in [-0.05, 0) is 18.2 Å². The molecule has 2 rings (SSSR count). The van der Waals surface area contributed by atoms with Crippen molar-refractivity contribution < 1.29 is 32.6 Å². The first-order chi connectivity index (χ1) is 10.2. The number of carboxylic acid groups (broad SMARTS) is 1. The molecule has 0 unspecified atom stereocenters. The molecule has 2 aromatic rings. The number of carbonyl (C=O) groups excluding carboxylic acids is 1. The molecule has 118 valence electrons. The molecule has 0 radical (unpaired) electrons. The van der Waals surface area contributed by atoms with E-state index in [-0.39, 0.29) is 11.3 Å². The Kier molecular flexibility index (Phi) is 3.98. The zero-order valence-corrected chi connectivity index (χ0v) is 11.2. The van der Waals surface area contributed by atoms with Gasteiger partial charge in [0.05, 0.1) is 7.11 Å². The molecule has 0 aliphatic rings. The van der Waals surface area contributed by atoms with Gasteiger partial charge in [0, 0.05) is 23.0 Å². The zero-order valence-electron chi connectivity index (χ0n) is 11.2. The fourth-order valence-electron chi connectivity index (χ4n) is 1.99. The third-order valence-corrected chi connectivity index (χ3v) is 3.01. The van der Waals surface area contributed by atoms with Gasteiger partial charge in [-0.1, -0.05) is 0 Å². The van der Waals surface area contributed by atoms with Crippen LogP contribution in [0.15, 0.2) is 18.2 Å². The summed E-state index contributed by atoms with van der Waals surface area (Å²) in [6, 6.07) is 4.59. The normalized spacial score (nSPS) is 11.5. The van der Waals surface area contributed by atoms with Crippen LogP contribution in [0.5, 0.6) is 5.75 Å². The Morgan fingerprint density at radius 1 is 1.36 bits per heavy atom. The first-order valence-corrected chi connectivity index (χ1v) is 6.01. The molecule has 0 saturated heterocycles. The van der Waals surface area contributed by atoms with Gasteiger partial charge in [0.2, 0.25) is 0 Å². The highest BCUT2D eigenvalue weighted by molar-refractivity contribution is 5.98. The van der Waals surface area contributed by atoms with Crippen LogP contribution in [0.1, 0.15) is 16.1 Å². The number of amides is 1. The third-order valence-electron chi connectivity index (χ3n) is 3.01. The second kappa shape index (κ2) is 5.58. The van der Waals surface area contributed by atoms with Gasteiger partial charge in [-0.15, -0.1) is 0 Å². The third kappa shape index (κ3) is 2.97. The number of rotatable bonds is 4. The summed E-state index contributed by atoms with van der Waals surface area (Å²) >= 11 is 0. The van der Waals surface area contributed by atoms with Crippen molar-refractivity contribution in [2.45, 2.75) is 12.7 Å². The zero-order chi connectivity index (χ0) is 16.5. The molecule has 6 nitrogen and oxygen atoms in total. The number of ether oxygens (including phenoxy) is 1. The number of H-pyrrole nitrogens is 1. The van der Waals surface area contributed by atoms with Crippen LogP contribution in [0.2, 0.25) is 0 Å². The number of hydrogen-bond donors (Lipinski definition) is 3. The summed E-state index contributed by atoms with van der Waals surface area (Å²) < 4.78 is 41.6. The molecule has 3 N–H and O–H groups in total. The maximum absolute atomic E-state index is 12.2. The standard InChI is InChI=1S/C13H11F3N2O4/c1-22-6-2-3-9-7(4-6)8(10(18-9)11(19)20)5-17-12(21)13(14,15)16/h2-4,18H,5H2,1H3,(H,17,21)(H,19,20). The maximum Gasteiger partial charge on any atom is 0.471 e. The Bertz CT molecular complexity index is 737. The van der Waals surface area contributed by atoms with Crippen molar-refractivity contribution in [3.8, 4) is 5.75 Å². The van der Waals surface area contributed by atoms with E-state index in [4.69, 9.17) is 9.84 Å². The second-order valence-electron chi connectivity index (χ2n) is 4.38. The predicted octanol–water partition coefficient (Wildman–Crippen LogP) is 2.05. The Balaban J connectivity index is 2.43. The van der Waals surface area contributed by atoms with Crippen molar-refractivity contribution in [1.82, 2.24) is 10.3 Å². The van der Waals surface area contributed by atoms with Crippen molar-refractivity contribution in [2.75, 3.05) is 7.11 Å². The number of fused-ring (bicyclic) bond motifs is 1. The molecule has 0 atom stereocenters. The van der Waals surface area contributed by atoms with E-state index in [0.29, 0.717) is 16.7 Å². The summed E-state index contributed by atoms with van der Waals surface area (Å²) in [5.74, 6) is -3.07. The van der Waals surface area contributed by atoms with Crippen LogP contribution in [-0.4, -0.2) is 35.3 Å². The molecule has 0 saturated carbocycles. The lowest BCUT2D eigenvalue weighted by Crippen LogP contribution is -2.36. The number of nitrogens with one attached hydrogen (secondary N) is 2. The van der Waals surface area contributed by atoms with Gasteiger partial charge >= 0.3 is 18.1 Å². The van der Waals surface area contributed by atoms with Gasteiger partial charge in [0.1, 0.15) is 11.4 Å². The highest BCUT2D eigenvalue weighted by atomic mass is 19.4. The number of aromatic nitrogens is 1. The van der Waals surface area contributed by atoms with Crippen LogP contribution in [0.3, 0.4) is 0 Å². The lowest BCUT2D eigenvalue weighted by molar-refractivity contribution is -0.173. The summed E-state index contributed by atoms with van der Waals surface area (Å²) in [4.78, 5) is 24.7. The summed E-state index contributed by atoms with van der Waals surface area (Å²) in [7, 11) is 1.40. The van der Waals surface area contributed by atoms with Crippen LogP contribution in [0.4, 0.5) is 13.2 Å². The number of aromatic carboxylic acids is 1. The molecule has 0 aliphatic heterocycles. The smallest absolute Gasteiger partial charge is 0.471 e. The molecule has 1 amide bonds. The predicted molar refractivity (Wildman–Crippen MR) is 69.7 cm³/mol. The minimum atomic E-state index is -5.03. The van der Waals surface area contributed by atoms with E-state index in [1.54, 1.807) is 11.4 Å². The van der Waals surface area contributed by atoms with E-state index < -0.39 is 24.6 Å². The van der Waals surface area contributed by atoms with E-state index >= 15 is 0 Å². The number of aromatic amines is 1. The van der Waals surface area contributed by atoms with E-state index in [0.717, 1.165) is 0 Å². The Hall–Kier alpha value is -2.71. The van der Waals surface area contributed by atoms with Gasteiger partial charge in [0.25, 0.3) is 0 Å². The minimum Gasteiger partial charge on any atom is -0.497 e. The number of benzene rings is 1. The lowest BCUT2D eigenvalue weighted by atomic mass is 10.1. The molecule has 1 aromatic heterocycles. The van der Waals surface area contributed by atoms with Gasteiger partial charge in [-0.25, -0.2) is 4.79 Å². The average Bonchev–Trinajstić information content (AvgIpc) is 2.81. The van der Waals surface area contributed by atoms with E-state index in [1.807, 2.05) is 0 Å². The Morgan fingerprint density at radius 2 is 2.05 bits per heavy atom. The Morgan fingerprint density at radius 3 is 2.59 bits per heavy atom. The van der Waals surface area contributed by atoms with Crippen LogP contribution in [0.25, 0.3) is 10.9 Å². The number of carbonyl (C=O) groups is 2. The molecule has 1 aromatic carbocycles. The van der Waals surface area contributed by atoms with Gasteiger partial charge < -0.3 is 20.1 Å². The topological polar surface area (TPSA) is 91.4 Å². The quantitative estimate of drug-likeness (QED) is 0.805. The number of halogens is 3. The summed E-state index contributed by atoms with van der Waals surface area (Å²) in [6.45, 7) is -0.576. The number of hydrogen-bond acceptors (Lipinski definition) is 3. The molecule has 9 heteroatoms. The molecular weight excluding hydrogens is 305 g/mol. The van der Waals surface area contributed by atoms with E-state index in [9.17, 15) is 22.8 Å². The second-order valence-corrected chi connectivity index (χ2v) is 4.38. The SMILES string of the molecule is COc1ccc2[nH]c(C(=O)O)c(CNC(=O)C(F)(F)F)c2c1. The van der Waals surface area contributed by atoms with Gasteiger partial charge in [-0.3, -0.25) is 4.79 Å². The molecule has 1 heterocycles. The molecule has 0 fully saturated rings. The fraction of sp³-hybridized carbons (Fsp3) is 0.231. The van der Waals surface area contributed by atoms with Crippen molar-refractivity contribution in [1.29, 1.82) is 0 Å². The number of alkyl halides is 3. The van der Waals surface area contributed by atoms with Crippen molar-refractivity contribution in [3.63, 3.8) is 0 Å². The maximum atomic E-state index is 12.2. The van der Waals surface area contributed by atoms with Crippen molar-refractivity contribution in [2.24, 2.45) is 0 Å². The van der Waals surface area contributed by atoms with E-state index in [2.05, 4.69) is 4.98 Å². The molecule has 0 aliphatic carbocycles. The highest BCUT2D eigenvalue weighted by Gasteiger charge is 2.38. The fourth-order valence-corrected chi connectivity index (χ4v) is 1.99. The van der Waals surface area contributed by atoms with Crippen LogP contribution in [-0.2, 0) is 11.3 Å². The first kappa shape index (κ1) is 15.7. The Labute approximate surface area is 121 Å². The molecule has 0 bridgehead atoms. The van der Waals surface area contributed by atoms with E-state index in [1.165, 1.54) is 19.2 Å². The highest BCUT2D eigenvalue weighted by Crippen LogP contribution is 2.27. The summed E-state index contributed by atoms with van der Waals surface area (Å²) in [5, 5.41) is 11.1. The number of methoxy groups -OCH3 is 1. The first-order valence-electron chi connectivity index (χ1n) is 6.01. The van der Waals surface area contributed by atoms with Crippen LogP contribution >= 0.6 is 0 Å².